The van der Waals surface area contributed by atoms with E-state index in [0.717, 1.165) is 18.4 Å². The number of unbranched alkanes of at least 4 members (excludes halogenated alkanes) is 3. The number of esters is 1. The molecular weight excluding hydrogens is 550 g/mol. The number of hydrogen-bond acceptors (Lipinski definition) is 7. The van der Waals surface area contributed by atoms with E-state index in [2.05, 4.69) is 5.32 Å². The van der Waals surface area contributed by atoms with Crippen molar-refractivity contribution in [1.82, 2.24) is 15.1 Å². The molecule has 0 aromatic heterocycles. The van der Waals surface area contributed by atoms with E-state index in [1.54, 1.807) is 9.80 Å². The van der Waals surface area contributed by atoms with Crippen LogP contribution < -0.4 is 5.32 Å². The Bertz CT molecular complexity index is 1250. The zero-order valence-corrected chi connectivity index (χ0v) is 25.0. The number of nitrogens with one attached hydrogen (secondary N) is 1. The molecule has 0 saturated carbocycles. The first-order chi connectivity index (χ1) is 20.8. The number of aliphatic hydroxyl groups is 1. The average molecular weight is 594 g/mol. The molecule has 232 valence electrons. The van der Waals surface area contributed by atoms with E-state index in [4.69, 9.17) is 9.47 Å². The van der Waals surface area contributed by atoms with Gasteiger partial charge in [0.25, 0.3) is 0 Å². The Morgan fingerprint density at radius 2 is 1.79 bits per heavy atom. The van der Waals surface area contributed by atoms with Gasteiger partial charge in [0, 0.05) is 32.2 Å². The molecule has 2 fully saturated rings. The predicted octanol–water partition coefficient (Wildman–Crippen LogP) is 2.68. The maximum atomic E-state index is 14.4. The van der Waals surface area contributed by atoms with Crippen LogP contribution in [0.4, 0.5) is 0 Å². The van der Waals surface area contributed by atoms with Crippen LogP contribution in [0.25, 0.3) is 0 Å². The highest BCUT2D eigenvalue weighted by molar-refractivity contribution is 6.00. The van der Waals surface area contributed by atoms with Gasteiger partial charge >= 0.3 is 5.97 Å². The van der Waals surface area contributed by atoms with E-state index < -0.39 is 35.6 Å². The zero-order chi connectivity index (χ0) is 30.6. The third-order valence-electron chi connectivity index (χ3n) is 9.04. The largest absolute Gasteiger partial charge is 0.463 e. The Balaban J connectivity index is 1.51. The molecule has 0 radical (unpaired) electrons. The number of ether oxygens (including phenoxy) is 2. The first kappa shape index (κ1) is 30.9. The van der Waals surface area contributed by atoms with Crippen molar-refractivity contribution in [2.45, 2.75) is 82.2 Å². The number of carbonyl (C=O) groups excluding carboxylic acids is 4. The van der Waals surface area contributed by atoms with Crippen molar-refractivity contribution in [3.63, 3.8) is 0 Å². The number of nitrogens with zero attached hydrogens (tertiary/aromatic N) is 2. The Morgan fingerprint density at radius 3 is 2.53 bits per heavy atom. The molecule has 4 heterocycles. The summed E-state index contributed by atoms with van der Waals surface area (Å²) in [6, 6.07) is 7.62. The van der Waals surface area contributed by atoms with Crippen LogP contribution in [0.3, 0.4) is 0 Å². The molecule has 43 heavy (non-hydrogen) atoms. The number of carbonyl (C=O) groups is 4. The average Bonchev–Trinajstić information content (AvgIpc) is 3.63. The van der Waals surface area contributed by atoms with Crippen LogP contribution in [0.15, 0.2) is 54.6 Å². The number of hydrogen-bond donors (Lipinski definition) is 2. The fraction of sp³-hybridized carbons (Fsp3) is 0.576. The van der Waals surface area contributed by atoms with Crippen LogP contribution >= 0.6 is 0 Å². The Morgan fingerprint density at radius 1 is 1.02 bits per heavy atom. The van der Waals surface area contributed by atoms with E-state index >= 15 is 0 Å². The van der Waals surface area contributed by atoms with E-state index in [-0.39, 0.29) is 49.4 Å². The molecule has 5 rings (SSSR count). The van der Waals surface area contributed by atoms with E-state index in [1.165, 1.54) is 0 Å². The topological polar surface area (TPSA) is 125 Å². The third-order valence-corrected chi connectivity index (χ3v) is 9.04. The first-order valence-corrected chi connectivity index (χ1v) is 15.5. The smallest absolute Gasteiger partial charge is 0.306 e. The SMILES string of the molecule is CC(C)N1C/C=C\CCC(=O)OC[C@@H](c2ccccc2)NC(=O)[C@@H]2[C@@H]3C=C[C@]4(O3)[C@H](C1=O)N(CCCCCCO)C(=O)[C@@H]24. The van der Waals surface area contributed by atoms with Gasteiger partial charge in [-0.3, -0.25) is 19.2 Å². The number of benzene rings is 1. The molecule has 5 bridgehead atoms. The minimum Gasteiger partial charge on any atom is -0.463 e. The standard InChI is InChI=1S/C33H43N3O7/c1-22(2)35-18-11-6-9-15-26(38)42-21-24(23-13-7-5-8-14-23)34-30(39)27-25-16-17-33(43-25)28(27)31(40)36(29(33)32(35)41)19-10-3-4-12-20-37/h5-8,11,13-14,16-17,22,24-25,27-29,37H,3-4,9-10,12,15,18-21H2,1-2H3,(H,34,39)/b11-6-/t24-,25-,27+,28+,29-,33+/m0/s1. The molecule has 2 N–H and O–H groups in total. The lowest BCUT2D eigenvalue weighted by atomic mass is 9.74. The van der Waals surface area contributed by atoms with Gasteiger partial charge < -0.3 is 29.7 Å². The Labute approximate surface area is 253 Å². The highest BCUT2D eigenvalue weighted by atomic mass is 16.5. The first-order valence-electron chi connectivity index (χ1n) is 15.5. The number of rotatable bonds is 8. The van der Waals surface area contributed by atoms with Crippen molar-refractivity contribution >= 4 is 23.7 Å². The van der Waals surface area contributed by atoms with Gasteiger partial charge in [-0.15, -0.1) is 0 Å². The lowest BCUT2D eigenvalue weighted by Gasteiger charge is -2.37. The second kappa shape index (κ2) is 13.4. The summed E-state index contributed by atoms with van der Waals surface area (Å²) in [7, 11) is 0. The van der Waals surface area contributed by atoms with Gasteiger partial charge in [-0.05, 0) is 38.7 Å². The van der Waals surface area contributed by atoms with Gasteiger partial charge in [-0.1, -0.05) is 67.5 Å². The lowest BCUT2D eigenvalue weighted by molar-refractivity contribution is -0.148. The molecule has 0 aliphatic carbocycles. The van der Waals surface area contributed by atoms with Gasteiger partial charge in [0.15, 0.2) is 0 Å². The maximum absolute atomic E-state index is 14.4. The number of allylic oxidation sites excluding steroid dienone is 1. The summed E-state index contributed by atoms with van der Waals surface area (Å²) >= 11 is 0. The summed E-state index contributed by atoms with van der Waals surface area (Å²) in [6.07, 6.45) is 10.3. The third kappa shape index (κ3) is 6.13. The molecule has 1 aromatic carbocycles. The van der Waals surface area contributed by atoms with Crippen molar-refractivity contribution in [1.29, 1.82) is 0 Å². The fourth-order valence-corrected chi connectivity index (χ4v) is 6.88. The monoisotopic (exact) mass is 593 g/mol. The molecule has 3 amide bonds. The number of cyclic esters (lactones) is 1. The second-order valence-corrected chi connectivity index (χ2v) is 12.1. The highest BCUT2D eigenvalue weighted by Crippen LogP contribution is 2.55. The van der Waals surface area contributed by atoms with Crippen molar-refractivity contribution in [3.8, 4) is 0 Å². The van der Waals surface area contributed by atoms with Gasteiger partial charge in [0.05, 0.1) is 24.0 Å². The van der Waals surface area contributed by atoms with Crippen LogP contribution in [0.1, 0.15) is 64.0 Å². The van der Waals surface area contributed by atoms with Crippen molar-refractivity contribution in [2.24, 2.45) is 11.8 Å². The normalized spacial score (nSPS) is 31.9. The van der Waals surface area contributed by atoms with Gasteiger partial charge in [-0.2, -0.15) is 0 Å². The maximum Gasteiger partial charge on any atom is 0.306 e. The van der Waals surface area contributed by atoms with Crippen LogP contribution in [0.2, 0.25) is 0 Å². The summed E-state index contributed by atoms with van der Waals surface area (Å²) in [5.74, 6) is -2.92. The minimum absolute atomic E-state index is 0.0433. The van der Waals surface area contributed by atoms with Crippen LogP contribution in [-0.2, 0) is 28.7 Å². The Kier molecular flexibility index (Phi) is 9.66. The number of likely N-dealkylation sites (tertiary alicyclic amines) is 1. The Hall–Kier alpha value is -3.50. The molecule has 1 aromatic rings. The summed E-state index contributed by atoms with van der Waals surface area (Å²) in [4.78, 5) is 58.6. The van der Waals surface area contributed by atoms with Crippen LogP contribution in [0.5, 0.6) is 0 Å². The van der Waals surface area contributed by atoms with Gasteiger partial charge in [0.1, 0.15) is 18.2 Å². The summed E-state index contributed by atoms with van der Waals surface area (Å²) in [5.41, 5.74) is -0.468. The minimum atomic E-state index is -1.24. The zero-order valence-electron chi connectivity index (χ0n) is 25.0. The molecule has 4 aliphatic rings. The summed E-state index contributed by atoms with van der Waals surface area (Å²) in [6.45, 7) is 4.61. The van der Waals surface area contributed by atoms with Crippen molar-refractivity contribution in [2.75, 3.05) is 26.3 Å². The lowest BCUT2D eigenvalue weighted by Crippen LogP contribution is -2.57. The molecule has 6 atom stereocenters. The summed E-state index contributed by atoms with van der Waals surface area (Å²) in [5, 5.41) is 12.2. The quantitative estimate of drug-likeness (QED) is 0.270. The second-order valence-electron chi connectivity index (χ2n) is 12.1. The number of aliphatic hydroxyl groups excluding tert-OH is 1. The fourth-order valence-electron chi connectivity index (χ4n) is 6.88. The number of amides is 3. The molecule has 0 unspecified atom stereocenters. The van der Waals surface area contributed by atoms with Crippen molar-refractivity contribution in [3.05, 3.63) is 60.2 Å². The molecule has 4 aliphatic heterocycles. The highest BCUT2D eigenvalue weighted by Gasteiger charge is 2.73. The molecule has 10 nitrogen and oxygen atoms in total. The van der Waals surface area contributed by atoms with Crippen molar-refractivity contribution < 1.29 is 33.8 Å². The molecular formula is C33H43N3O7. The van der Waals surface area contributed by atoms with E-state index in [9.17, 15) is 24.3 Å². The van der Waals surface area contributed by atoms with E-state index in [0.29, 0.717) is 32.4 Å². The number of fused-ring (bicyclic) bond motifs is 2. The molecule has 1 spiro atoms. The summed E-state index contributed by atoms with van der Waals surface area (Å²) < 4.78 is 12.1. The van der Waals surface area contributed by atoms with E-state index in [1.807, 2.05) is 68.5 Å². The predicted molar refractivity (Wildman–Crippen MR) is 158 cm³/mol. The molecule has 2 saturated heterocycles. The van der Waals surface area contributed by atoms with Gasteiger partial charge in [-0.25, -0.2) is 0 Å². The van der Waals surface area contributed by atoms with Crippen LogP contribution in [0, 0.1) is 11.8 Å². The molecule has 10 heteroatoms. The van der Waals surface area contributed by atoms with Gasteiger partial charge in [0.2, 0.25) is 17.7 Å². The van der Waals surface area contributed by atoms with Crippen LogP contribution in [-0.4, -0.2) is 88.7 Å².